The van der Waals surface area contributed by atoms with Crippen molar-refractivity contribution < 1.29 is 18.7 Å². The summed E-state index contributed by atoms with van der Waals surface area (Å²) in [7, 11) is 0. The molecule has 0 aliphatic heterocycles. The Kier molecular flexibility index (Phi) is 2.88. The molecule has 0 atom stereocenters. The smallest absolute Gasteiger partial charge is 0.275 e. The number of aromatic nitrogens is 2. The van der Waals surface area contributed by atoms with Crippen LogP contribution in [0.15, 0.2) is 29.1 Å². The summed E-state index contributed by atoms with van der Waals surface area (Å²) < 4.78 is 27.3. The molecule has 2 aromatic rings. The van der Waals surface area contributed by atoms with Crippen molar-refractivity contribution in [2.24, 2.45) is 0 Å². The Hall–Kier alpha value is -2.57. The van der Waals surface area contributed by atoms with Gasteiger partial charge in [-0.05, 0) is 12.1 Å². The first-order valence-electron chi connectivity index (χ1n) is 4.77. The van der Waals surface area contributed by atoms with Gasteiger partial charge in [0.1, 0.15) is 5.69 Å². The number of carbonyl (C=O) groups is 1. The highest BCUT2D eigenvalue weighted by molar-refractivity contribution is 5.75. The molecule has 92 valence electrons. The van der Waals surface area contributed by atoms with Gasteiger partial charge in [-0.25, -0.2) is 8.78 Å². The van der Waals surface area contributed by atoms with E-state index in [9.17, 15) is 23.5 Å². The van der Waals surface area contributed by atoms with Crippen LogP contribution in [0, 0.1) is 11.6 Å². The van der Waals surface area contributed by atoms with Crippen molar-refractivity contribution >= 4 is 6.29 Å². The highest BCUT2D eigenvalue weighted by Gasteiger charge is 2.15. The number of para-hydroxylation sites is 1. The molecular weight excluding hydrogens is 246 g/mol. The zero-order valence-corrected chi connectivity index (χ0v) is 8.80. The average Bonchev–Trinajstić information content (AvgIpc) is 2.31. The Morgan fingerprint density at radius 3 is 2.44 bits per heavy atom. The molecule has 0 radical (unpaired) electrons. The molecule has 0 saturated carbocycles. The fourth-order valence-corrected chi connectivity index (χ4v) is 1.40. The van der Waals surface area contributed by atoms with E-state index in [2.05, 4.69) is 5.10 Å². The number of aldehydes is 1. The van der Waals surface area contributed by atoms with Gasteiger partial charge < -0.3 is 5.11 Å². The first-order chi connectivity index (χ1) is 8.54. The Bertz CT molecular complexity index is 662. The molecule has 1 aromatic carbocycles. The number of aromatic hydroxyl groups is 1. The molecule has 0 aliphatic carbocycles. The highest BCUT2D eigenvalue weighted by atomic mass is 19.1. The van der Waals surface area contributed by atoms with Crippen molar-refractivity contribution in [1.82, 2.24) is 9.78 Å². The fourth-order valence-electron chi connectivity index (χ4n) is 1.40. The first-order valence-corrected chi connectivity index (χ1v) is 4.77. The zero-order valence-electron chi connectivity index (χ0n) is 8.80. The number of hydrogen-bond donors (Lipinski definition) is 1. The minimum atomic E-state index is -1.01. The van der Waals surface area contributed by atoms with E-state index >= 15 is 0 Å². The van der Waals surface area contributed by atoms with Gasteiger partial charge in [-0.1, -0.05) is 6.07 Å². The van der Waals surface area contributed by atoms with E-state index in [4.69, 9.17) is 0 Å². The van der Waals surface area contributed by atoms with Gasteiger partial charge in [0, 0.05) is 6.07 Å². The maximum atomic E-state index is 13.5. The third-order valence-corrected chi connectivity index (χ3v) is 2.20. The second kappa shape index (κ2) is 4.36. The number of carbonyl (C=O) groups excluding carboxylic acids is 1. The largest absolute Gasteiger partial charge is 0.505 e. The second-order valence-corrected chi connectivity index (χ2v) is 3.35. The predicted molar refractivity (Wildman–Crippen MR) is 56.8 cm³/mol. The molecule has 1 aromatic heterocycles. The Labute approximate surface area is 98.9 Å². The van der Waals surface area contributed by atoms with Crippen molar-refractivity contribution in [3.63, 3.8) is 0 Å². The van der Waals surface area contributed by atoms with Crippen LogP contribution in [-0.2, 0) is 0 Å². The van der Waals surface area contributed by atoms with E-state index in [1.807, 2.05) is 0 Å². The van der Waals surface area contributed by atoms with Crippen LogP contribution < -0.4 is 5.56 Å². The molecule has 0 fully saturated rings. The standard InChI is InChI=1S/C11H6F2N2O3/c12-6-2-1-3-7(13)11(6)15-10(18)4-9(17)8(5-16)14-15/h1-5,17H. The van der Waals surface area contributed by atoms with Crippen LogP contribution in [0.4, 0.5) is 8.78 Å². The van der Waals surface area contributed by atoms with Crippen molar-refractivity contribution in [1.29, 1.82) is 0 Å². The summed E-state index contributed by atoms with van der Waals surface area (Å²) in [6.45, 7) is 0. The molecule has 0 bridgehead atoms. The molecule has 0 aliphatic rings. The van der Waals surface area contributed by atoms with Crippen molar-refractivity contribution in [2.45, 2.75) is 0 Å². The lowest BCUT2D eigenvalue weighted by atomic mass is 10.3. The summed E-state index contributed by atoms with van der Waals surface area (Å²) in [5, 5.41) is 12.6. The number of nitrogens with zero attached hydrogens (tertiary/aromatic N) is 2. The van der Waals surface area contributed by atoms with Crippen LogP contribution in [-0.4, -0.2) is 21.2 Å². The number of rotatable bonds is 2. The zero-order chi connectivity index (χ0) is 13.3. The molecule has 2 rings (SSSR count). The molecule has 1 heterocycles. The topological polar surface area (TPSA) is 72.2 Å². The van der Waals surface area contributed by atoms with Gasteiger partial charge in [-0.3, -0.25) is 9.59 Å². The van der Waals surface area contributed by atoms with Crippen LogP contribution >= 0.6 is 0 Å². The lowest BCUT2D eigenvalue weighted by Crippen LogP contribution is -2.23. The van der Waals surface area contributed by atoms with Gasteiger partial charge in [-0.15, -0.1) is 0 Å². The van der Waals surface area contributed by atoms with E-state index in [0.717, 1.165) is 18.2 Å². The fraction of sp³-hybridized carbons (Fsp3) is 0. The van der Waals surface area contributed by atoms with E-state index in [0.29, 0.717) is 10.7 Å². The van der Waals surface area contributed by atoms with Crippen molar-refractivity contribution in [3.8, 4) is 11.4 Å². The monoisotopic (exact) mass is 252 g/mol. The van der Waals surface area contributed by atoms with Gasteiger partial charge in [0.2, 0.25) is 0 Å². The van der Waals surface area contributed by atoms with E-state index in [1.165, 1.54) is 0 Å². The van der Waals surface area contributed by atoms with Gasteiger partial charge >= 0.3 is 0 Å². The number of benzene rings is 1. The van der Waals surface area contributed by atoms with E-state index in [1.54, 1.807) is 0 Å². The molecule has 7 heteroatoms. The third-order valence-electron chi connectivity index (χ3n) is 2.20. The van der Waals surface area contributed by atoms with Crippen molar-refractivity contribution in [3.05, 3.63) is 51.9 Å². The Morgan fingerprint density at radius 1 is 1.28 bits per heavy atom. The molecule has 0 amide bonds. The molecule has 1 N–H and O–H groups in total. The summed E-state index contributed by atoms with van der Waals surface area (Å²) >= 11 is 0. The second-order valence-electron chi connectivity index (χ2n) is 3.35. The third kappa shape index (κ3) is 1.86. The van der Waals surface area contributed by atoms with Crippen LogP contribution in [0.2, 0.25) is 0 Å². The van der Waals surface area contributed by atoms with E-state index in [-0.39, 0.29) is 6.29 Å². The summed E-state index contributed by atoms with van der Waals surface area (Å²) in [5.41, 5.74) is -2.15. The van der Waals surface area contributed by atoms with Crippen LogP contribution in [0.1, 0.15) is 10.5 Å². The Balaban J connectivity index is 2.79. The lowest BCUT2D eigenvalue weighted by molar-refractivity contribution is 0.111. The predicted octanol–water partition coefficient (Wildman–Crippen LogP) is 1.03. The molecule has 0 saturated heterocycles. The minimum absolute atomic E-state index is 0.171. The van der Waals surface area contributed by atoms with Gasteiger partial charge in [0.05, 0.1) is 0 Å². The van der Waals surface area contributed by atoms with Gasteiger partial charge in [0.15, 0.2) is 29.4 Å². The normalized spacial score (nSPS) is 10.3. The SMILES string of the molecule is O=Cc1nn(-c2c(F)cccc2F)c(=O)cc1O. The van der Waals surface area contributed by atoms with Crippen LogP contribution in [0.3, 0.4) is 0 Å². The minimum Gasteiger partial charge on any atom is -0.505 e. The molecule has 18 heavy (non-hydrogen) atoms. The van der Waals surface area contributed by atoms with Crippen LogP contribution in [0.5, 0.6) is 5.75 Å². The number of halogens is 2. The molecule has 0 spiro atoms. The quantitative estimate of drug-likeness (QED) is 0.810. The average molecular weight is 252 g/mol. The van der Waals surface area contributed by atoms with Crippen LogP contribution in [0.25, 0.3) is 5.69 Å². The van der Waals surface area contributed by atoms with E-state index < -0.39 is 34.3 Å². The maximum Gasteiger partial charge on any atom is 0.275 e. The summed E-state index contributed by atoms with van der Waals surface area (Å²) in [6.07, 6.45) is 0.171. The van der Waals surface area contributed by atoms with Gasteiger partial charge in [-0.2, -0.15) is 9.78 Å². The Morgan fingerprint density at radius 2 is 1.89 bits per heavy atom. The maximum absolute atomic E-state index is 13.5. The van der Waals surface area contributed by atoms with Crippen molar-refractivity contribution in [2.75, 3.05) is 0 Å². The number of hydrogen-bond acceptors (Lipinski definition) is 4. The molecule has 5 nitrogen and oxygen atoms in total. The summed E-state index contributed by atoms with van der Waals surface area (Å²) in [5.74, 6) is -2.66. The summed E-state index contributed by atoms with van der Waals surface area (Å²) in [4.78, 5) is 22.1. The lowest BCUT2D eigenvalue weighted by Gasteiger charge is -2.07. The molecular formula is C11H6F2N2O3. The molecule has 0 unspecified atom stereocenters. The summed E-state index contributed by atoms with van der Waals surface area (Å²) in [6, 6.07) is 3.67. The van der Waals surface area contributed by atoms with Gasteiger partial charge in [0.25, 0.3) is 5.56 Å². The highest BCUT2D eigenvalue weighted by Crippen LogP contribution is 2.16. The first kappa shape index (κ1) is 11.9.